The zero-order valence-corrected chi connectivity index (χ0v) is 15.6. The number of carbonyl (C=O) groups excluding carboxylic acids is 1. The van der Waals surface area contributed by atoms with E-state index in [2.05, 4.69) is 20.9 Å². The van der Waals surface area contributed by atoms with Crippen LogP contribution in [0.5, 0.6) is 0 Å². The molecule has 138 valence electrons. The second-order valence-corrected chi connectivity index (χ2v) is 8.79. The summed E-state index contributed by atoms with van der Waals surface area (Å²) in [5.74, 6) is 0.697. The maximum Gasteiger partial charge on any atom is 0.321 e. The van der Waals surface area contributed by atoms with Crippen molar-refractivity contribution in [3.63, 3.8) is 0 Å². The highest BCUT2D eigenvalue weighted by molar-refractivity contribution is 7.15. The lowest BCUT2D eigenvalue weighted by atomic mass is 9.70. The summed E-state index contributed by atoms with van der Waals surface area (Å²) in [4.78, 5) is 18.1. The Kier molecular flexibility index (Phi) is 5.24. The van der Waals surface area contributed by atoms with Gasteiger partial charge in [-0.05, 0) is 69.4 Å². The molecule has 2 saturated heterocycles. The molecule has 25 heavy (non-hydrogen) atoms. The number of fused-ring (bicyclic) bond motifs is 1. The number of aryl methyl sites for hydroxylation is 1. The number of rotatable bonds is 4. The number of anilines is 1. The first-order valence-electron chi connectivity index (χ1n) is 9.54. The third kappa shape index (κ3) is 4.15. The van der Waals surface area contributed by atoms with Gasteiger partial charge in [0.15, 0.2) is 5.13 Å². The van der Waals surface area contributed by atoms with Gasteiger partial charge in [-0.25, -0.2) is 9.78 Å². The van der Waals surface area contributed by atoms with Crippen molar-refractivity contribution in [3.8, 4) is 0 Å². The summed E-state index contributed by atoms with van der Waals surface area (Å²) >= 11 is 1.66. The minimum atomic E-state index is -0.127. The van der Waals surface area contributed by atoms with Crippen LogP contribution in [0, 0.1) is 11.3 Å². The van der Waals surface area contributed by atoms with Gasteiger partial charge in [0.05, 0.1) is 5.69 Å². The number of nitrogens with zero attached hydrogens (tertiary/aromatic N) is 1. The molecule has 1 spiro atoms. The molecule has 0 aromatic carbocycles. The lowest BCUT2D eigenvalue weighted by Crippen LogP contribution is -2.34. The number of hydrogen-bond acceptors (Lipinski definition) is 5. The van der Waals surface area contributed by atoms with E-state index in [1.807, 2.05) is 0 Å². The minimum Gasteiger partial charge on any atom is -0.381 e. The average molecular weight is 365 g/mol. The average Bonchev–Trinajstić information content (AvgIpc) is 3.24. The standard InChI is InChI=1S/C18H28N4O2S/c23-16(20-8-3-13-2-7-19-12-13)22-17-21-14-1-4-18(11-15(14)25-17)5-9-24-10-6-18/h13,19H,1-12H2,(H2,20,21,22,23). The molecule has 0 radical (unpaired) electrons. The third-order valence-corrected chi connectivity index (χ3v) is 6.99. The van der Waals surface area contributed by atoms with E-state index in [0.717, 1.165) is 70.1 Å². The Morgan fingerprint density at radius 3 is 3.04 bits per heavy atom. The first kappa shape index (κ1) is 17.2. The molecule has 1 atom stereocenters. The van der Waals surface area contributed by atoms with Gasteiger partial charge in [-0.2, -0.15) is 0 Å². The molecule has 6 nitrogen and oxygen atoms in total. The zero-order chi connectivity index (χ0) is 17.1. The summed E-state index contributed by atoms with van der Waals surface area (Å²) in [5, 5.41) is 10.0. The molecule has 2 fully saturated rings. The van der Waals surface area contributed by atoms with E-state index in [9.17, 15) is 4.79 Å². The quantitative estimate of drug-likeness (QED) is 0.767. The second kappa shape index (κ2) is 7.60. The Morgan fingerprint density at radius 1 is 1.36 bits per heavy atom. The number of hydrogen-bond donors (Lipinski definition) is 3. The van der Waals surface area contributed by atoms with Gasteiger partial charge in [0.2, 0.25) is 0 Å². The van der Waals surface area contributed by atoms with E-state index >= 15 is 0 Å². The van der Waals surface area contributed by atoms with Crippen molar-refractivity contribution in [3.05, 3.63) is 10.6 Å². The van der Waals surface area contributed by atoms with E-state index < -0.39 is 0 Å². The fourth-order valence-corrected chi connectivity index (χ4v) is 5.48. The molecule has 2 aliphatic heterocycles. The van der Waals surface area contributed by atoms with Gasteiger partial charge < -0.3 is 15.4 Å². The summed E-state index contributed by atoms with van der Waals surface area (Å²) in [7, 11) is 0. The first-order valence-corrected chi connectivity index (χ1v) is 10.4. The molecule has 3 aliphatic rings. The molecule has 3 N–H and O–H groups in total. The summed E-state index contributed by atoms with van der Waals surface area (Å²) in [6.07, 6.45) is 7.90. The van der Waals surface area contributed by atoms with Crippen LogP contribution in [-0.4, -0.2) is 43.9 Å². The number of nitrogens with one attached hydrogen (secondary N) is 3. The molecule has 2 amide bonds. The topological polar surface area (TPSA) is 75.3 Å². The number of aromatic nitrogens is 1. The van der Waals surface area contributed by atoms with Crippen LogP contribution in [0.2, 0.25) is 0 Å². The normalized spacial score (nSPS) is 24.9. The van der Waals surface area contributed by atoms with Crippen molar-refractivity contribution in [2.24, 2.45) is 11.3 Å². The predicted molar refractivity (Wildman–Crippen MR) is 99.2 cm³/mol. The lowest BCUT2D eigenvalue weighted by Gasteiger charge is -2.39. The SMILES string of the molecule is O=C(NCCC1CCNC1)Nc1nc2c(s1)CC1(CCOCC1)CC2. The third-order valence-electron chi connectivity index (χ3n) is 5.98. The van der Waals surface area contributed by atoms with Crippen LogP contribution >= 0.6 is 11.3 Å². The van der Waals surface area contributed by atoms with E-state index in [4.69, 9.17) is 4.74 Å². The number of thiazole rings is 1. The van der Waals surface area contributed by atoms with Gasteiger partial charge in [-0.15, -0.1) is 11.3 Å². The van der Waals surface area contributed by atoms with Crippen LogP contribution in [-0.2, 0) is 17.6 Å². The van der Waals surface area contributed by atoms with Crippen LogP contribution in [0.3, 0.4) is 0 Å². The Bertz CT molecular complexity index is 606. The van der Waals surface area contributed by atoms with Crippen molar-refractivity contribution >= 4 is 22.5 Å². The highest BCUT2D eigenvalue weighted by atomic mass is 32.1. The van der Waals surface area contributed by atoms with E-state index in [-0.39, 0.29) is 6.03 Å². The highest BCUT2D eigenvalue weighted by Gasteiger charge is 2.37. The van der Waals surface area contributed by atoms with E-state index in [1.165, 1.54) is 23.4 Å². The first-order chi connectivity index (χ1) is 12.2. The molecule has 1 unspecified atom stereocenters. The van der Waals surface area contributed by atoms with Crippen molar-refractivity contribution < 1.29 is 9.53 Å². The van der Waals surface area contributed by atoms with Gasteiger partial charge in [0.1, 0.15) is 0 Å². The van der Waals surface area contributed by atoms with Gasteiger partial charge in [0, 0.05) is 24.6 Å². The summed E-state index contributed by atoms with van der Waals surface area (Å²) < 4.78 is 5.54. The molecule has 1 aromatic heterocycles. The Labute approximate surface area is 153 Å². The van der Waals surface area contributed by atoms with Crippen LogP contribution in [0.1, 0.15) is 42.7 Å². The number of carbonyl (C=O) groups is 1. The Balaban J connectivity index is 1.28. The van der Waals surface area contributed by atoms with Crippen LogP contribution in [0.25, 0.3) is 0 Å². The van der Waals surface area contributed by atoms with Crippen LogP contribution < -0.4 is 16.0 Å². The largest absolute Gasteiger partial charge is 0.381 e. The maximum absolute atomic E-state index is 12.1. The molecular weight excluding hydrogens is 336 g/mol. The van der Waals surface area contributed by atoms with Gasteiger partial charge in [0.25, 0.3) is 0 Å². The summed E-state index contributed by atoms with van der Waals surface area (Å²) in [6, 6.07) is -0.127. The predicted octanol–water partition coefficient (Wildman–Crippen LogP) is 2.55. The van der Waals surface area contributed by atoms with Crippen LogP contribution in [0.4, 0.5) is 9.93 Å². The number of urea groups is 1. The number of ether oxygens (including phenoxy) is 1. The molecule has 1 aliphatic carbocycles. The minimum absolute atomic E-state index is 0.127. The van der Waals surface area contributed by atoms with Crippen molar-refractivity contribution in [1.29, 1.82) is 0 Å². The molecule has 0 bridgehead atoms. The van der Waals surface area contributed by atoms with Crippen molar-refractivity contribution in [2.75, 3.05) is 38.2 Å². The molecule has 1 aromatic rings. The fraction of sp³-hybridized carbons (Fsp3) is 0.778. The van der Waals surface area contributed by atoms with Gasteiger partial charge in [-0.1, -0.05) is 0 Å². The highest BCUT2D eigenvalue weighted by Crippen LogP contribution is 2.45. The molecule has 4 rings (SSSR count). The number of amides is 2. The second-order valence-electron chi connectivity index (χ2n) is 7.71. The molecule has 3 heterocycles. The summed E-state index contributed by atoms with van der Waals surface area (Å²) in [6.45, 7) is 4.69. The van der Waals surface area contributed by atoms with E-state index in [1.54, 1.807) is 11.3 Å². The smallest absolute Gasteiger partial charge is 0.321 e. The molecule has 0 saturated carbocycles. The molecular formula is C18H28N4O2S. The van der Waals surface area contributed by atoms with Crippen molar-refractivity contribution in [1.82, 2.24) is 15.6 Å². The fourth-order valence-electron chi connectivity index (χ4n) is 4.31. The Morgan fingerprint density at radius 2 is 2.24 bits per heavy atom. The van der Waals surface area contributed by atoms with Gasteiger partial charge in [-0.3, -0.25) is 5.32 Å². The Hall–Kier alpha value is -1.18. The van der Waals surface area contributed by atoms with E-state index in [0.29, 0.717) is 11.3 Å². The van der Waals surface area contributed by atoms with Crippen LogP contribution in [0.15, 0.2) is 0 Å². The zero-order valence-electron chi connectivity index (χ0n) is 14.7. The van der Waals surface area contributed by atoms with Crippen molar-refractivity contribution in [2.45, 2.75) is 44.9 Å². The summed E-state index contributed by atoms with van der Waals surface area (Å²) in [5.41, 5.74) is 1.60. The maximum atomic E-state index is 12.1. The molecule has 7 heteroatoms. The monoisotopic (exact) mass is 364 g/mol. The lowest BCUT2D eigenvalue weighted by molar-refractivity contribution is 0.00784. The van der Waals surface area contributed by atoms with Gasteiger partial charge >= 0.3 is 6.03 Å².